The molecule has 5 nitrogen and oxygen atoms in total. The normalized spacial score (nSPS) is 22.4. The minimum atomic E-state index is -1.20. The number of aliphatic carboxylic acids is 1. The van der Waals surface area contributed by atoms with E-state index in [0.29, 0.717) is 0 Å². The van der Waals surface area contributed by atoms with Gasteiger partial charge in [0.05, 0.1) is 0 Å². The second-order valence-corrected chi connectivity index (χ2v) is 4.71. The van der Waals surface area contributed by atoms with E-state index in [9.17, 15) is 14.0 Å². The first-order valence-corrected chi connectivity index (χ1v) is 6.42. The quantitative estimate of drug-likeness (QED) is 0.922. The number of hydrogen-bond acceptors (Lipinski definition) is 3. The molecule has 20 heavy (non-hydrogen) atoms. The van der Waals surface area contributed by atoms with Crippen molar-refractivity contribution in [3.8, 4) is 0 Å². The monoisotopic (exact) mass is 281 g/mol. The number of alkyl halides is 1. The molecule has 1 aliphatic rings. The number of rotatable bonds is 3. The highest BCUT2D eigenvalue weighted by molar-refractivity contribution is 5.80. The topological polar surface area (TPSA) is 66.8 Å². The molecule has 1 saturated heterocycles. The van der Waals surface area contributed by atoms with Crippen molar-refractivity contribution >= 4 is 12.1 Å². The minimum absolute atomic E-state index is 0.0613. The molecule has 1 heterocycles. The highest BCUT2D eigenvalue weighted by Gasteiger charge is 2.37. The van der Waals surface area contributed by atoms with Gasteiger partial charge in [0.1, 0.15) is 18.8 Å². The smallest absolute Gasteiger partial charge is 0.410 e. The molecule has 0 unspecified atom stereocenters. The summed E-state index contributed by atoms with van der Waals surface area (Å²) < 4.78 is 18.3. The van der Waals surface area contributed by atoms with Crippen LogP contribution in [0, 0.1) is 0 Å². The largest absolute Gasteiger partial charge is 0.480 e. The van der Waals surface area contributed by atoms with Gasteiger partial charge in [0, 0.05) is 13.0 Å². The Hall–Kier alpha value is -2.11. The van der Waals surface area contributed by atoms with Crippen LogP contribution in [-0.2, 0) is 16.1 Å². The second-order valence-electron chi connectivity index (χ2n) is 4.71. The van der Waals surface area contributed by atoms with Gasteiger partial charge in [-0.2, -0.15) is 0 Å². The average Bonchev–Trinajstić information content (AvgIpc) is 2.45. The van der Waals surface area contributed by atoms with Crippen LogP contribution in [0.25, 0.3) is 0 Å². The van der Waals surface area contributed by atoms with Gasteiger partial charge in [0.15, 0.2) is 0 Å². The summed E-state index contributed by atoms with van der Waals surface area (Å²) >= 11 is 0. The number of piperidine rings is 1. The van der Waals surface area contributed by atoms with Crippen LogP contribution in [0.2, 0.25) is 0 Å². The SMILES string of the molecule is O=C(O)[C@@H]1C[C@@H](F)CCN1C(=O)OCc1ccccc1. The summed E-state index contributed by atoms with van der Waals surface area (Å²) in [5.41, 5.74) is 0.813. The van der Waals surface area contributed by atoms with Crippen LogP contribution in [0.4, 0.5) is 9.18 Å². The Bertz CT molecular complexity index is 479. The molecule has 1 fully saturated rings. The van der Waals surface area contributed by atoms with Gasteiger partial charge in [-0.05, 0) is 12.0 Å². The molecule has 0 aliphatic carbocycles. The van der Waals surface area contributed by atoms with Crippen molar-refractivity contribution in [2.75, 3.05) is 6.54 Å². The van der Waals surface area contributed by atoms with Crippen LogP contribution >= 0.6 is 0 Å². The Kier molecular flexibility index (Phi) is 4.55. The Morgan fingerprint density at radius 2 is 2.05 bits per heavy atom. The van der Waals surface area contributed by atoms with E-state index in [1.807, 2.05) is 18.2 Å². The molecule has 1 aromatic rings. The molecular weight excluding hydrogens is 265 g/mol. The van der Waals surface area contributed by atoms with Gasteiger partial charge in [-0.1, -0.05) is 30.3 Å². The number of amides is 1. The van der Waals surface area contributed by atoms with Crippen LogP contribution < -0.4 is 0 Å². The van der Waals surface area contributed by atoms with Gasteiger partial charge >= 0.3 is 12.1 Å². The van der Waals surface area contributed by atoms with E-state index in [0.717, 1.165) is 10.5 Å². The zero-order valence-corrected chi connectivity index (χ0v) is 10.9. The molecule has 0 spiro atoms. The maximum absolute atomic E-state index is 13.2. The van der Waals surface area contributed by atoms with Crippen LogP contribution in [-0.4, -0.2) is 40.8 Å². The first-order chi connectivity index (χ1) is 9.58. The lowest BCUT2D eigenvalue weighted by Gasteiger charge is -2.33. The maximum atomic E-state index is 13.2. The summed E-state index contributed by atoms with van der Waals surface area (Å²) in [7, 11) is 0. The molecule has 6 heteroatoms. The molecule has 108 valence electrons. The molecule has 1 aromatic carbocycles. The van der Waals surface area contributed by atoms with Gasteiger partial charge in [-0.15, -0.1) is 0 Å². The summed E-state index contributed by atoms with van der Waals surface area (Å²) in [5.74, 6) is -1.20. The summed E-state index contributed by atoms with van der Waals surface area (Å²) in [4.78, 5) is 24.1. The van der Waals surface area contributed by atoms with Crippen molar-refractivity contribution < 1.29 is 23.8 Å². The van der Waals surface area contributed by atoms with Gasteiger partial charge < -0.3 is 9.84 Å². The van der Waals surface area contributed by atoms with Crippen LogP contribution in [0.3, 0.4) is 0 Å². The van der Waals surface area contributed by atoms with Crippen molar-refractivity contribution in [3.63, 3.8) is 0 Å². The molecule has 1 amide bonds. The number of carbonyl (C=O) groups excluding carboxylic acids is 1. The summed E-state index contributed by atoms with van der Waals surface area (Å²) in [6.45, 7) is 0.132. The number of ether oxygens (including phenoxy) is 1. The van der Waals surface area contributed by atoms with Crippen molar-refractivity contribution in [1.82, 2.24) is 4.90 Å². The zero-order valence-electron chi connectivity index (χ0n) is 10.9. The van der Waals surface area contributed by atoms with Gasteiger partial charge in [-0.3, -0.25) is 4.90 Å². The van der Waals surface area contributed by atoms with Crippen molar-refractivity contribution in [3.05, 3.63) is 35.9 Å². The lowest BCUT2D eigenvalue weighted by atomic mass is 10.0. The van der Waals surface area contributed by atoms with Crippen LogP contribution in [0.5, 0.6) is 0 Å². The zero-order chi connectivity index (χ0) is 14.5. The lowest BCUT2D eigenvalue weighted by Crippen LogP contribution is -2.50. The first kappa shape index (κ1) is 14.3. The lowest BCUT2D eigenvalue weighted by molar-refractivity contribution is -0.144. The number of benzene rings is 1. The number of nitrogens with zero attached hydrogens (tertiary/aromatic N) is 1. The predicted molar refractivity (Wildman–Crippen MR) is 68.9 cm³/mol. The van der Waals surface area contributed by atoms with Gasteiger partial charge in [-0.25, -0.2) is 14.0 Å². The summed E-state index contributed by atoms with van der Waals surface area (Å²) in [6, 6.07) is 7.93. The highest BCUT2D eigenvalue weighted by Crippen LogP contribution is 2.21. The molecular formula is C14H16FNO4. The Morgan fingerprint density at radius 3 is 2.70 bits per heavy atom. The number of carboxylic acid groups (broad SMARTS) is 1. The predicted octanol–water partition coefficient (Wildman–Crippen LogP) is 2.21. The fourth-order valence-corrected chi connectivity index (χ4v) is 2.18. The van der Waals surface area contributed by atoms with Crippen molar-refractivity contribution in [2.45, 2.75) is 31.7 Å². The van der Waals surface area contributed by atoms with Gasteiger partial charge in [0.2, 0.25) is 0 Å². The van der Waals surface area contributed by atoms with Crippen molar-refractivity contribution in [1.29, 1.82) is 0 Å². The van der Waals surface area contributed by atoms with E-state index in [1.165, 1.54) is 0 Å². The van der Waals surface area contributed by atoms with E-state index in [2.05, 4.69) is 0 Å². The van der Waals surface area contributed by atoms with Crippen LogP contribution in [0.15, 0.2) is 30.3 Å². The molecule has 1 aliphatic heterocycles. The number of hydrogen-bond donors (Lipinski definition) is 1. The third-order valence-corrected chi connectivity index (χ3v) is 3.26. The summed E-state index contributed by atoms with van der Waals surface area (Å²) in [5, 5.41) is 9.04. The minimum Gasteiger partial charge on any atom is -0.480 e. The average molecular weight is 281 g/mol. The Labute approximate surface area is 116 Å². The molecule has 0 aromatic heterocycles. The fourth-order valence-electron chi connectivity index (χ4n) is 2.18. The third-order valence-electron chi connectivity index (χ3n) is 3.26. The second kappa shape index (κ2) is 6.36. The number of likely N-dealkylation sites (tertiary alicyclic amines) is 1. The van der Waals surface area contributed by atoms with E-state index in [1.54, 1.807) is 12.1 Å². The fraction of sp³-hybridized carbons (Fsp3) is 0.429. The van der Waals surface area contributed by atoms with Gasteiger partial charge in [0.25, 0.3) is 0 Å². The van der Waals surface area contributed by atoms with E-state index in [-0.39, 0.29) is 26.0 Å². The number of carboxylic acids is 1. The van der Waals surface area contributed by atoms with Crippen LogP contribution in [0.1, 0.15) is 18.4 Å². The molecule has 2 atom stereocenters. The molecule has 0 bridgehead atoms. The maximum Gasteiger partial charge on any atom is 0.410 e. The van der Waals surface area contributed by atoms with E-state index >= 15 is 0 Å². The number of carbonyl (C=O) groups is 2. The molecule has 2 rings (SSSR count). The van der Waals surface area contributed by atoms with E-state index in [4.69, 9.17) is 9.84 Å². The third kappa shape index (κ3) is 3.46. The Morgan fingerprint density at radius 1 is 1.35 bits per heavy atom. The Balaban J connectivity index is 1.95. The van der Waals surface area contributed by atoms with Crippen molar-refractivity contribution in [2.24, 2.45) is 0 Å². The number of halogens is 1. The molecule has 1 N–H and O–H groups in total. The highest BCUT2D eigenvalue weighted by atomic mass is 19.1. The molecule has 0 saturated carbocycles. The summed E-state index contributed by atoms with van der Waals surface area (Å²) in [6.07, 6.45) is -1.94. The molecule has 0 radical (unpaired) electrons. The standard InChI is InChI=1S/C14H16FNO4/c15-11-6-7-16(12(8-11)13(17)18)14(19)20-9-10-4-2-1-3-5-10/h1-5,11-12H,6-9H2,(H,17,18)/t11-,12-/m0/s1. The first-order valence-electron chi connectivity index (χ1n) is 6.42. The van der Waals surface area contributed by atoms with E-state index < -0.39 is 24.3 Å².